The fraction of sp³-hybridized carbons (Fsp3) is 0.500. The molecule has 4 rings (SSSR count). The van der Waals surface area contributed by atoms with Crippen molar-refractivity contribution in [3.63, 3.8) is 0 Å². The van der Waals surface area contributed by atoms with E-state index in [0.29, 0.717) is 11.8 Å². The molecule has 1 atom stereocenters. The van der Waals surface area contributed by atoms with Gasteiger partial charge in [0.25, 0.3) is 0 Å². The first-order valence-corrected chi connectivity index (χ1v) is 11.3. The normalized spacial score (nSPS) is 20.2. The average Bonchev–Trinajstić information content (AvgIpc) is 3.28. The number of piperidine rings is 1. The minimum atomic E-state index is 0.380. The van der Waals surface area contributed by atoms with E-state index >= 15 is 0 Å². The summed E-state index contributed by atoms with van der Waals surface area (Å²) in [5.41, 5.74) is 5.35. The molecule has 0 bridgehead atoms. The number of carbonyl (C=O) groups is 1. The zero-order chi connectivity index (χ0) is 20.1. The third kappa shape index (κ3) is 5.27. The molecule has 2 fully saturated rings. The van der Waals surface area contributed by atoms with Crippen molar-refractivity contribution >= 4 is 5.91 Å². The molecular formula is C26H34N2O. The van der Waals surface area contributed by atoms with Gasteiger partial charge in [0.15, 0.2) is 0 Å². The molecule has 1 amide bonds. The lowest BCUT2D eigenvalue weighted by Crippen LogP contribution is -2.36. The molecule has 3 heteroatoms. The summed E-state index contributed by atoms with van der Waals surface area (Å²) in [4.78, 5) is 17.0. The van der Waals surface area contributed by atoms with Crippen molar-refractivity contribution in [1.29, 1.82) is 0 Å². The largest absolute Gasteiger partial charge is 0.343 e. The maximum atomic E-state index is 12.4. The number of hydrogen-bond donors (Lipinski definition) is 0. The van der Waals surface area contributed by atoms with Crippen LogP contribution >= 0.6 is 0 Å². The van der Waals surface area contributed by atoms with Gasteiger partial charge in [0.2, 0.25) is 5.91 Å². The Hall–Kier alpha value is -2.13. The molecule has 0 saturated carbocycles. The summed E-state index contributed by atoms with van der Waals surface area (Å²) < 4.78 is 0. The van der Waals surface area contributed by atoms with Gasteiger partial charge in [-0.05, 0) is 79.8 Å². The van der Waals surface area contributed by atoms with Gasteiger partial charge in [0.1, 0.15) is 0 Å². The highest BCUT2D eigenvalue weighted by Crippen LogP contribution is 2.26. The number of amides is 1. The highest BCUT2D eigenvalue weighted by Gasteiger charge is 2.23. The highest BCUT2D eigenvalue weighted by atomic mass is 16.2. The predicted octanol–water partition coefficient (Wildman–Crippen LogP) is 5.28. The molecule has 2 aliphatic rings. The molecule has 0 radical (unpaired) electrons. The topological polar surface area (TPSA) is 23.6 Å². The van der Waals surface area contributed by atoms with E-state index in [1.807, 2.05) is 0 Å². The molecule has 0 aromatic heterocycles. The Morgan fingerprint density at radius 2 is 1.83 bits per heavy atom. The summed E-state index contributed by atoms with van der Waals surface area (Å²) in [7, 11) is 0. The Bertz CT molecular complexity index is 825. The number of likely N-dealkylation sites (tertiary alicyclic amines) is 2. The number of rotatable bonds is 6. The number of nitrogens with zero attached hydrogens (tertiary/aromatic N) is 2. The van der Waals surface area contributed by atoms with Crippen molar-refractivity contribution in [3.8, 4) is 11.1 Å². The second-order valence-corrected chi connectivity index (χ2v) is 8.89. The van der Waals surface area contributed by atoms with E-state index in [-0.39, 0.29) is 0 Å². The Balaban J connectivity index is 1.33. The van der Waals surface area contributed by atoms with Crippen LogP contribution in [0.15, 0.2) is 48.5 Å². The van der Waals surface area contributed by atoms with Gasteiger partial charge in [-0.1, -0.05) is 42.5 Å². The van der Waals surface area contributed by atoms with E-state index in [2.05, 4.69) is 65.3 Å². The SMILES string of the molecule is Cc1ccccc1-c1cccc(CN2CCC[C@@H](CCC(=O)N3CCCC3)C2)c1. The molecule has 2 aromatic carbocycles. The third-order valence-electron chi connectivity index (χ3n) is 6.62. The first-order chi connectivity index (χ1) is 14.2. The van der Waals surface area contributed by atoms with Gasteiger partial charge < -0.3 is 4.90 Å². The van der Waals surface area contributed by atoms with Crippen LogP contribution in [0.5, 0.6) is 0 Å². The van der Waals surface area contributed by atoms with Crippen molar-refractivity contribution in [2.45, 2.75) is 52.0 Å². The molecule has 0 N–H and O–H groups in total. The van der Waals surface area contributed by atoms with Crippen molar-refractivity contribution in [3.05, 3.63) is 59.7 Å². The minimum absolute atomic E-state index is 0.380. The van der Waals surface area contributed by atoms with Crippen molar-refractivity contribution in [2.24, 2.45) is 5.92 Å². The molecule has 2 aliphatic heterocycles. The van der Waals surface area contributed by atoms with Gasteiger partial charge in [0.05, 0.1) is 0 Å². The summed E-state index contributed by atoms with van der Waals surface area (Å²) in [6, 6.07) is 17.6. The van der Waals surface area contributed by atoms with Crippen molar-refractivity contribution in [2.75, 3.05) is 26.2 Å². The van der Waals surface area contributed by atoms with E-state index in [4.69, 9.17) is 0 Å². The first kappa shape index (κ1) is 20.2. The monoisotopic (exact) mass is 390 g/mol. The second kappa shape index (κ2) is 9.58. The number of carbonyl (C=O) groups excluding carboxylic acids is 1. The quantitative estimate of drug-likeness (QED) is 0.670. The van der Waals surface area contributed by atoms with Gasteiger partial charge in [-0.25, -0.2) is 0 Å². The molecule has 29 heavy (non-hydrogen) atoms. The summed E-state index contributed by atoms with van der Waals surface area (Å²) in [5.74, 6) is 1.04. The van der Waals surface area contributed by atoms with Gasteiger partial charge in [0, 0.05) is 32.6 Å². The molecule has 3 nitrogen and oxygen atoms in total. The summed E-state index contributed by atoms with van der Waals surface area (Å²) in [6.07, 6.45) is 6.68. The Morgan fingerprint density at radius 1 is 1.00 bits per heavy atom. The van der Waals surface area contributed by atoms with Crippen LogP contribution in [0.25, 0.3) is 11.1 Å². The molecule has 0 aliphatic carbocycles. The van der Waals surface area contributed by atoms with E-state index in [9.17, 15) is 4.79 Å². The molecule has 2 saturated heterocycles. The number of hydrogen-bond acceptors (Lipinski definition) is 2. The van der Waals surface area contributed by atoms with Crippen molar-refractivity contribution < 1.29 is 4.79 Å². The standard InChI is InChI=1S/C26H34N2O/c1-21-8-2-3-12-25(21)24-11-6-9-23(18-24)20-27-15-7-10-22(19-27)13-14-26(29)28-16-4-5-17-28/h2-3,6,8-9,11-12,18,22H,4-5,7,10,13-17,19-20H2,1H3/t22-/m0/s1. The van der Waals surface area contributed by atoms with Crippen LogP contribution in [0.3, 0.4) is 0 Å². The molecular weight excluding hydrogens is 356 g/mol. The van der Waals surface area contributed by atoms with E-state index < -0.39 is 0 Å². The van der Waals surface area contributed by atoms with Crippen molar-refractivity contribution in [1.82, 2.24) is 9.80 Å². The maximum absolute atomic E-state index is 12.4. The fourth-order valence-corrected chi connectivity index (χ4v) is 4.97. The summed E-state index contributed by atoms with van der Waals surface area (Å²) >= 11 is 0. The van der Waals surface area contributed by atoms with Crippen LogP contribution < -0.4 is 0 Å². The Morgan fingerprint density at radius 3 is 2.66 bits per heavy atom. The van der Waals surface area contributed by atoms with E-state index in [1.165, 1.54) is 54.5 Å². The molecule has 2 aromatic rings. The van der Waals surface area contributed by atoms with Crippen LogP contribution in [-0.4, -0.2) is 41.9 Å². The predicted molar refractivity (Wildman–Crippen MR) is 120 cm³/mol. The van der Waals surface area contributed by atoms with Gasteiger partial charge in [-0.15, -0.1) is 0 Å². The van der Waals surface area contributed by atoms with Crippen LogP contribution in [-0.2, 0) is 11.3 Å². The Labute approximate surface area is 175 Å². The van der Waals surface area contributed by atoms with E-state index in [1.54, 1.807) is 0 Å². The zero-order valence-electron chi connectivity index (χ0n) is 17.8. The Kier molecular flexibility index (Phi) is 6.66. The lowest BCUT2D eigenvalue weighted by atomic mass is 9.92. The van der Waals surface area contributed by atoms with E-state index in [0.717, 1.165) is 39.0 Å². The maximum Gasteiger partial charge on any atom is 0.222 e. The summed E-state index contributed by atoms with van der Waals surface area (Å²) in [6.45, 7) is 7.45. The van der Waals surface area contributed by atoms with Gasteiger partial charge in [-0.3, -0.25) is 9.69 Å². The molecule has 154 valence electrons. The zero-order valence-corrected chi connectivity index (χ0v) is 17.8. The lowest BCUT2D eigenvalue weighted by Gasteiger charge is -2.33. The number of aryl methyl sites for hydroxylation is 1. The smallest absolute Gasteiger partial charge is 0.222 e. The summed E-state index contributed by atoms with van der Waals surface area (Å²) in [5, 5.41) is 0. The molecule has 0 unspecified atom stereocenters. The van der Waals surface area contributed by atoms with Crippen LogP contribution in [0.1, 0.15) is 49.7 Å². The van der Waals surface area contributed by atoms with Crippen LogP contribution in [0.4, 0.5) is 0 Å². The number of benzene rings is 2. The fourth-order valence-electron chi connectivity index (χ4n) is 4.97. The second-order valence-electron chi connectivity index (χ2n) is 8.89. The highest BCUT2D eigenvalue weighted by molar-refractivity contribution is 5.76. The van der Waals surface area contributed by atoms with Gasteiger partial charge >= 0.3 is 0 Å². The third-order valence-corrected chi connectivity index (χ3v) is 6.62. The minimum Gasteiger partial charge on any atom is -0.343 e. The first-order valence-electron chi connectivity index (χ1n) is 11.3. The lowest BCUT2D eigenvalue weighted by molar-refractivity contribution is -0.130. The molecule has 0 spiro atoms. The van der Waals surface area contributed by atoms with Crippen LogP contribution in [0.2, 0.25) is 0 Å². The van der Waals surface area contributed by atoms with Gasteiger partial charge in [-0.2, -0.15) is 0 Å². The molecule has 2 heterocycles. The average molecular weight is 391 g/mol. The van der Waals surface area contributed by atoms with Crippen LogP contribution in [0, 0.1) is 12.8 Å².